The fourth-order valence-corrected chi connectivity index (χ4v) is 17.2. The van der Waals surface area contributed by atoms with Crippen LogP contribution < -0.4 is 16.0 Å². The fourth-order valence-electron chi connectivity index (χ4n) is 17.2. The molecule has 7 rings (SSSR count). The van der Waals surface area contributed by atoms with Crippen LogP contribution in [0.5, 0.6) is 0 Å². The molecule has 0 aliphatic carbocycles. The van der Waals surface area contributed by atoms with Crippen molar-refractivity contribution in [3.05, 3.63) is 24.3 Å². The van der Waals surface area contributed by atoms with Gasteiger partial charge >= 0.3 is 0 Å². The molecule has 0 aromatic carbocycles. The second-order valence-electron chi connectivity index (χ2n) is 35.2. The Morgan fingerprint density at radius 2 is 0.677 bits per heavy atom. The summed E-state index contributed by atoms with van der Waals surface area (Å²) >= 11 is 0. The van der Waals surface area contributed by atoms with Crippen molar-refractivity contribution in [1.29, 1.82) is 0 Å². The summed E-state index contributed by atoms with van der Waals surface area (Å²) < 4.78 is 86.3. The van der Waals surface area contributed by atoms with Gasteiger partial charge in [0.2, 0.25) is 17.7 Å². The zero-order valence-corrected chi connectivity index (χ0v) is 75.0. The monoisotopic (exact) mass is 1830 g/mol. The van der Waals surface area contributed by atoms with Crippen molar-refractivity contribution >= 4 is 17.7 Å². The highest BCUT2D eigenvalue weighted by Gasteiger charge is 2.61. The largest absolute Gasteiger partial charge is 0.394 e. The molecule has 22 N–H and O–H groups in total. The number of aliphatic hydroxyl groups is 19. The molecule has 0 aromatic rings. The maximum Gasteiger partial charge on any atom is 0.220 e. The molecule has 0 radical (unpaired) electrons. The lowest BCUT2D eigenvalue weighted by Crippen LogP contribution is -2.72. The summed E-state index contributed by atoms with van der Waals surface area (Å²) in [5.41, 5.74) is 0. The number of carbonyl (C=O) groups is 3. The molecule has 3 amide bonds. The summed E-state index contributed by atoms with van der Waals surface area (Å²) in [7, 11) is 0. The molecule has 0 saturated carbocycles. The fraction of sp³-hybridized carbons (Fsp3) is 0.920. The van der Waals surface area contributed by atoms with Gasteiger partial charge in [0.25, 0.3) is 0 Å². The van der Waals surface area contributed by atoms with Crippen molar-refractivity contribution < 1.29 is 178 Å². The summed E-state index contributed by atoms with van der Waals surface area (Å²) in [5, 5.41) is 223. The van der Waals surface area contributed by atoms with E-state index in [2.05, 4.69) is 41.9 Å². The minimum absolute atomic E-state index is 0.147. The number of amides is 3. The number of hydrogen-bond acceptors (Lipinski definition) is 36. The van der Waals surface area contributed by atoms with Gasteiger partial charge in [0.1, 0.15) is 159 Å². The Bertz CT molecular complexity index is 3060. The van der Waals surface area contributed by atoms with Crippen LogP contribution in [0.4, 0.5) is 0 Å². The number of nitrogens with one attached hydrogen (secondary N) is 3. The lowest BCUT2D eigenvalue weighted by atomic mass is 9.93. The third-order valence-electron chi connectivity index (χ3n) is 24.9. The smallest absolute Gasteiger partial charge is 0.220 e. The molecular weight excluding hydrogens is 1670 g/mol. The van der Waals surface area contributed by atoms with E-state index in [1.165, 1.54) is 136 Å². The SMILES string of the molecule is CCCCCCCC/C=C\CCCCCCCCCCCCCC(=O)N[C@@H](CO[C@@H]1OC(CO)[C@@H](O[C@@H]2OC(CO)[C@H](O)[C@H](O[C@@H]3OC(CO)[C@@H](O[C@@H]4OC(CO)[C@H](O)[C@H](O[C@H]5OC(CO)[C@H](O)[C@H](O)C5NC(C)=O)C4O[C@H]4OC(C)[C@@H](O)C(O)[C@@H]4O)[C@H](O[C@H]4OC(C)[C@@H](O)C(O)[C@@H]4O)C3NC(C)=O)C2O)[C@H](O)C1O)[C@H](O)/C=C/CCCCCCCCCCCCC. The van der Waals surface area contributed by atoms with Crippen molar-refractivity contribution in [2.45, 2.75) is 474 Å². The van der Waals surface area contributed by atoms with Gasteiger partial charge in [-0.05, 0) is 58.8 Å². The van der Waals surface area contributed by atoms with Crippen LogP contribution in [0.15, 0.2) is 24.3 Å². The highest BCUT2D eigenvalue weighted by Crippen LogP contribution is 2.41. The van der Waals surface area contributed by atoms with E-state index >= 15 is 0 Å². The first-order valence-corrected chi connectivity index (χ1v) is 46.8. The molecular formula is C88H157N3O36. The molecule has 7 fully saturated rings. The highest BCUT2D eigenvalue weighted by molar-refractivity contribution is 5.76. The zero-order chi connectivity index (χ0) is 92.8. The van der Waals surface area contributed by atoms with Crippen LogP contribution in [-0.4, -0.2) is 381 Å². The van der Waals surface area contributed by atoms with E-state index in [0.717, 1.165) is 78.1 Å². The lowest BCUT2D eigenvalue weighted by molar-refractivity contribution is -0.409. The van der Waals surface area contributed by atoms with Gasteiger partial charge < -0.3 is 179 Å². The van der Waals surface area contributed by atoms with E-state index in [1.807, 2.05) is 6.08 Å². The standard InChI is InChI=1S/C88H157N3O36/c1-7-9-11-13-15-17-19-21-22-23-24-25-26-27-28-30-32-34-36-38-40-42-60(100)91-53(54(99)41-39-37-35-33-31-29-20-18-16-14-12-10-8-2)48-114-84-74(112)71(109)76(58(46-95)121-84)122-87-75(113)79(66(104)56(44-93)118-87)125-83-62(90-52(6)98)78(124-85-72(110)69(107)63(101)49(3)115-85)77(59(47-96)120-83)123-88-81(127-86-73(111)70(108)64(102)50(4)116-86)80(67(105)57(45-94)119-88)126-82-61(89-51(5)97)68(106)65(103)55(43-92)117-82/h21-22,39,41,49-50,53-59,61-88,92-96,99,101-113H,7-20,23-38,40,42-48H2,1-6H3,(H,89,97)(H,90,98)(H,91,100)/b22-21-,41-39+/t49?,50?,53-,54+,55?,56?,57?,58?,59?,61?,62?,63+,64+,65-,66-,67-,68+,69?,70?,71+,72-,73-,74?,75?,76+,77+,78+,79-,80-,81?,82+,83-,84+,85+,86+,87-,88-/m0/s1. The lowest BCUT2D eigenvalue weighted by Gasteiger charge is -2.53. The Labute approximate surface area is 746 Å². The van der Waals surface area contributed by atoms with Crippen LogP contribution in [0.3, 0.4) is 0 Å². The number of hydrogen-bond donors (Lipinski definition) is 22. The first-order valence-electron chi connectivity index (χ1n) is 46.8. The summed E-state index contributed by atoms with van der Waals surface area (Å²) in [5.74, 6) is -2.15. The molecule has 39 heteroatoms. The normalized spacial score (nSPS) is 37.9. The van der Waals surface area contributed by atoms with Gasteiger partial charge in [-0.2, -0.15) is 0 Å². The van der Waals surface area contributed by atoms with Gasteiger partial charge in [-0.15, -0.1) is 0 Å². The number of rotatable bonds is 58. The van der Waals surface area contributed by atoms with Crippen LogP contribution in [0.1, 0.15) is 247 Å². The summed E-state index contributed by atoms with van der Waals surface area (Å²) in [4.78, 5) is 40.1. The molecule has 0 aromatic heterocycles. The maximum atomic E-state index is 13.7. The van der Waals surface area contributed by atoms with Crippen LogP contribution >= 0.6 is 0 Å². The second-order valence-corrected chi connectivity index (χ2v) is 35.2. The van der Waals surface area contributed by atoms with Crippen molar-refractivity contribution in [2.75, 3.05) is 39.6 Å². The first kappa shape index (κ1) is 111. The van der Waals surface area contributed by atoms with Gasteiger partial charge in [-0.25, -0.2) is 0 Å². The highest BCUT2D eigenvalue weighted by atomic mass is 16.8. The van der Waals surface area contributed by atoms with E-state index in [0.29, 0.717) is 12.8 Å². The van der Waals surface area contributed by atoms with Gasteiger partial charge in [0.05, 0.1) is 64.0 Å². The summed E-state index contributed by atoms with van der Waals surface area (Å²) in [6, 6.07) is -4.86. The predicted octanol–water partition coefficient (Wildman–Crippen LogP) is -0.428. The molecule has 7 heterocycles. The molecule has 37 atom stereocenters. The number of allylic oxidation sites excluding steroid dienone is 3. The van der Waals surface area contributed by atoms with Crippen LogP contribution in [0.2, 0.25) is 0 Å². The van der Waals surface area contributed by atoms with E-state index in [-0.39, 0.29) is 12.3 Å². The minimum Gasteiger partial charge on any atom is -0.394 e. The molecule has 0 spiro atoms. The first-order chi connectivity index (χ1) is 61.0. The molecule has 740 valence electrons. The molecule has 7 saturated heterocycles. The number of aliphatic hydroxyl groups excluding tert-OH is 19. The van der Waals surface area contributed by atoms with Gasteiger partial charge in [0, 0.05) is 20.3 Å². The third-order valence-corrected chi connectivity index (χ3v) is 24.9. The molecule has 7 aliphatic heterocycles. The van der Waals surface area contributed by atoms with Crippen LogP contribution in [0.25, 0.3) is 0 Å². The Morgan fingerprint density at radius 1 is 0.323 bits per heavy atom. The van der Waals surface area contributed by atoms with E-state index < -0.39 is 278 Å². The number of carbonyl (C=O) groups excluding carboxylic acids is 3. The van der Waals surface area contributed by atoms with Gasteiger partial charge in [0.15, 0.2) is 44.0 Å². The quantitative estimate of drug-likeness (QED) is 0.0271. The van der Waals surface area contributed by atoms with E-state index in [1.54, 1.807) is 6.08 Å². The van der Waals surface area contributed by atoms with Crippen molar-refractivity contribution in [2.24, 2.45) is 0 Å². The summed E-state index contributed by atoms with van der Waals surface area (Å²) in [6.07, 6.45) is -23.1. The van der Waals surface area contributed by atoms with Gasteiger partial charge in [-0.3, -0.25) is 14.4 Å². The number of ether oxygens (including phenoxy) is 14. The molecule has 7 aliphatic rings. The van der Waals surface area contributed by atoms with Crippen LogP contribution in [0, 0.1) is 0 Å². The molecule has 14 unspecified atom stereocenters. The maximum absolute atomic E-state index is 13.7. The molecule has 127 heavy (non-hydrogen) atoms. The van der Waals surface area contributed by atoms with Gasteiger partial charge in [-0.1, -0.05) is 192 Å². The topological polar surface area (TPSA) is 601 Å². The van der Waals surface area contributed by atoms with E-state index in [9.17, 15) is 111 Å². The van der Waals surface area contributed by atoms with Crippen LogP contribution in [-0.2, 0) is 80.7 Å². The Hall–Kier alpha value is -3.43. The van der Waals surface area contributed by atoms with Crippen molar-refractivity contribution in [3.8, 4) is 0 Å². The average Bonchev–Trinajstić information content (AvgIpc) is 0.755. The van der Waals surface area contributed by atoms with Crippen molar-refractivity contribution in [1.82, 2.24) is 16.0 Å². The predicted molar refractivity (Wildman–Crippen MR) is 451 cm³/mol. The Kier molecular flexibility index (Phi) is 51.2. The third kappa shape index (κ3) is 33.8. The van der Waals surface area contributed by atoms with E-state index in [4.69, 9.17) is 66.3 Å². The Morgan fingerprint density at radius 3 is 1.17 bits per heavy atom. The second kappa shape index (κ2) is 58.8. The number of unbranched alkanes of at least 4 members (excludes halogenated alkanes) is 28. The van der Waals surface area contributed by atoms with Crippen molar-refractivity contribution in [3.63, 3.8) is 0 Å². The Balaban J connectivity index is 1.07. The summed E-state index contributed by atoms with van der Waals surface area (Å²) in [6.45, 7) is 3.13. The average molecular weight is 1830 g/mol. The zero-order valence-electron chi connectivity index (χ0n) is 75.0. The minimum atomic E-state index is -2.32. The molecule has 39 nitrogen and oxygen atoms in total. The molecule has 0 bridgehead atoms.